The quantitative estimate of drug-likeness (QED) is 0.825. The lowest BCUT2D eigenvalue weighted by Crippen LogP contribution is -2.38. The normalized spacial score (nSPS) is 26.1. The van der Waals surface area contributed by atoms with Crippen LogP contribution in [0.2, 0.25) is 0 Å². The van der Waals surface area contributed by atoms with Crippen LogP contribution in [0.1, 0.15) is 24.8 Å². The second-order valence-electron chi connectivity index (χ2n) is 5.96. The van der Waals surface area contributed by atoms with Gasteiger partial charge in [0.05, 0.1) is 11.1 Å². The lowest BCUT2D eigenvalue weighted by atomic mass is 9.80. The zero-order chi connectivity index (χ0) is 14.2. The summed E-state index contributed by atoms with van der Waals surface area (Å²) in [5.41, 5.74) is -0.0205. The molecule has 0 bridgehead atoms. The molecule has 0 radical (unpaired) electrons. The fraction of sp³-hybridized carbons (Fsp3) is 0.600. The van der Waals surface area contributed by atoms with Crippen molar-refractivity contribution in [1.82, 2.24) is 5.32 Å². The van der Waals surface area contributed by atoms with Crippen LogP contribution in [0.15, 0.2) is 16.6 Å². The third-order valence-corrected chi connectivity index (χ3v) is 4.83. The Morgan fingerprint density at radius 3 is 2.80 bits per heavy atom. The fourth-order valence-electron chi connectivity index (χ4n) is 2.75. The number of hydrogen-bond acceptors (Lipinski definition) is 2. The molecule has 0 aromatic heterocycles. The van der Waals surface area contributed by atoms with Crippen molar-refractivity contribution in [2.45, 2.75) is 31.7 Å². The highest BCUT2D eigenvalue weighted by Crippen LogP contribution is 2.36. The number of ether oxygens (including phenoxy) is 1. The molecule has 2 nitrogen and oxygen atoms in total. The summed E-state index contributed by atoms with van der Waals surface area (Å²) in [6.45, 7) is 2.00. The number of rotatable bonds is 5. The van der Waals surface area contributed by atoms with Gasteiger partial charge >= 0.3 is 0 Å². The Morgan fingerprint density at radius 2 is 2.15 bits per heavy atom. The molecule has 1 heterocycles. The lowest BCUT2D eigenvalue weighted by molar-refractivity contribution is 0.148. The average Bonchev–Trinajstić information content (AvgIpc) is 3.16. The van der Waals surface area contributed by atoms with Crippen LogP contribution in [0.3, 0.4) is 0 Å². The first-order valence-corrected chi connectivity index (χ1v) is 7.82. The second-order valence-corrected chi connectivity index (χ2v) is 6.81. The highest BCUT2D eigenvalue weighted by atomic mass is 79.9. The van der Waals surface area contributed by atoms with E-state index in [0.717, 1.165) is 13.0 Å². The van der Waals surface area contributed by atoms with Crippen LogP contribution >= 0.6 is 15.9 Å². The Morgan fingerprint density at radius 1 is 1.35 bits per heavy atom. The monoisotopic (exact) mass is 345 g/mol. The van der Waals surface area contributed by atoms with E-state index in [9.17, 15) is 8.78 Å². The van der Waals surface area contributed by atoms with Crippen LogP contribution in [0.5, 0.6) is 0 Å². The number of hydrogen-bond donors (Lipinski definition) is 1. The van der Waals surface area contributed by atoms with E-state index >= 15 is 0 Å². The van der Waals surface area contributed by atoms with Crippen molar-refractivity contribution in [3.63, 3.8) is 0 Å². The fourth-order valence-corrected chi connectivity index (χ4v) is 3.12. The molecule has 20 heavy (non-hydrogen) atoms. The molecule has 0 spiro atoms. The summed E-state index contributed by atoms with van der Waals surface area (Å²) in [7, 11) is 0. The zero-order valence-corrected chi connectivity index (χ0v) is 12.8. The van der Waals surface area contributed by atoms with Crippen LogP contribution < -0.4 is 5.32 Å². The largest absolute Gasteiger partial charge is 0.381 e. The molecule has 2 aliphatic rings. The molecule has 5 heteroatoms. The van der Waals surface area contributed by atoms with Gasteiger partial charge in [-0.25, -0.2) is 8.78 Å². The Hall–Kier alpha value is -0.520. The Balaban J connectivity index is 1.80. The molecule has 1 aromatic carbocycles. The first-order valence-electron chi connectivity index (χ1n) is 7.03. The van der Waals surface area contributed by atoms with E-state index in [1.165, 1.54) is 25.0 Å². The number of halogens is 3. The van der Waals surface area contributed by atoms with Crippen molar-refractivity contribution in [3.05, 3.63) is 33.8 Å². The first kappa shape index (κ1) is 14.4. The third-order valence-electron chi connectivity index (χ3n) is 4.22. The van der Waals surface area contributed by atoms with Crippen molar-refractivity contribution >= 4 is 15.9 Å². The Kier molecular flexibility index (Phi) is 4.11. The Labute approximate surface area is 126 Å². The topological polar surface area (TPSA) is 21.3 Å². The van der Waals surface area contributed by atoms with Crippen LogP contribution in [-0.4, -0.2) is 25.8 Å². The third kappa shape index (κ3) is 3.05. The van der Waals surface area contributed by atoms with Gasteiger partial charge < -0.3 is 10.1 Å². The molecule has 3 rings (SSSR count). The highest BCUT2D eigenvalue weighted by molar-refractivity contribution is 9.10. The van der Waals surface area contributed by atoms with Gasteiger partial charge in [0.1, 0.15) is 11.6 Å². The van der Waals surface area contributed by atoms with Gasteiger partial charge in [-0.1, -0.05) is 0 Å². The minimum atomic E-state index is -0.484. The summed E-state index contributed by atoms with van der Waals surface area (Å²) in [6, 6.07) is 3.32. The first-order chi connectivity index (χ1) is 9.60. The summed E-state index contributed by atoms with van der Waals surface area (Å²) in [5.74, 6) is -0.953. The highest BCUT2D eigenvalue weighted by Gasteiger charge is 2.38. The molecule has 110 valence electrons. The van der Waals surface area contributed by atoms with E-state index in [1.807, 2.05) is 0 Å². The van der Waals surface area contributed by atoms with E-state index in [2.05, 4.69) is 21.2 Å². The van der Waals surface area contributed by atoms with E-state index in [-0.39, 0.29) is 11.0 Å². The molecule has 0 amide bonds. The molecule has 1 aromatic rings. The van der Waals surface area contributed by atoms with Gasteiger partial charge in [-0.15, -0.1) is 0 Å². The lowest BCUT2D eigenvalue weighted by Gasteiger charge is -2.28. The molecule has 1 saturated carbocycles. The SMILES string of the molecule is Fc1ccc(Br)c(F)c1CC1(CNC2CC2)CCOC1. The van der Waals surface area contributed by atoms with E-state index < -0.39 is 11.6 Å². The maximum atomic E-state index is 14.1. The summed E-state index contributed by atoms with van der Waals surface area (Å²) in [5, 5.41) is 3.48. The van der Waals surface area contributed by atoms with Gasteiger partial charge in [-0.3, -0.25) is 0 Å². The summed E-state index contributed by atoms with van der Waals surface area (Å²) in [4.78, 5) is 0. The molecule has 1 atom stereocenters. The van der Waals surface area contributed by atoms with Crippen molar-refractivity contribution in [2.75, 3.05) is 19.8 Å². The number of benzene rings is 1. The van der Waals surface area contributed by atoms with Crippen molar-refractivity contribution in [2.24, 2.45) is 5.41 Å². The number of nitrogens with one attached hydrogen (secondary N) is 1. The van der Waals surface area contributed by atoms with Gasteiger partial charge in [-0.2, -0.15) is 0 Å². The summed E-state index contributed by atoms with van der Waals surface area (Å²) < 4.78 is 33.9. The van der Waals surface area contributed by atoms with Crippen LogP contribution in [0.25, 0.3) is 0 Å². The van der Waals surface area contributed by atoms with Gasteiger partial charge in [0.25, 0.3) is 0 Å². The van der Waals surface area contributed by atoms with E-state index in [4.69, 9.17) is 4.74 Å². The standard InChI is InChI=1S/C15H18BrF2NO/c16-12-3-4-13(17)11(14(12)18)7-15(5-6-20-9-15)8-19-10-1-2-10/h3-4,10,19H,1-2,5-9H2. The maximum absolute atomic E-state index is 14.1. The van der Waals surface area contributed by atoms with Gasteiger partial charge in [-0.05, 0) is 53.7 Å². The van der Waals surface area contributed by atoms with Crippen molar-refractivity contribution in [1.29, 1.82) is 0 Å². The van der Waals surface area contributed by atoms with Crippen molar-refractivity contribution < 1.29 is 13.5 Å². The van der Waals surface area contributed by atoms with Crippen LogP contribution in [-0.2, 0) is 11.2 Å². The molecular formula is C15H18BrF2NO. The minimum Gasteiger partial charge on any atom is -0.381 e. The predicted molar refractivity (Wildman–Crippen MR) is 76.7 cm³/mol. The average molecular weight is 346 g/mol. The van der Waals surface area contributed by atoms with Crippen LogP contribution in [0, 0.1) is 17.0 Å². The van der Waals surface area contributed by atoms with Gasteiger partial charge in [0.2, 0.25) is 0 Å². The minimum absolute atomic E-state index is 0.169. The van der Waals surface area contributed by atoms with Gasteiger partial charge in [0, 0.05) is 30.2 Å². The Bertz CT molecular complexity index is 499. The molecule has 1 aliphatic heterocycles. The summed E-state index contributed by atoms with van der Waals surface area (Å²) in [6.07, 6.45) is 3.63. The maximum Gasteiger partial charge on any atom is 0.143 e. The predicted octanol–water partition coefficient (Wildman–Crippen LogP) is 3.43. The smallest absolute Gasteiger partial charge is 0.143 e. The molecule has 1 N–H and O–H groups in total. The van der Waals surface area contributed by atoms with Gasteiger partial charge in [0.15, 0.2) is 0 Å². The molecule has 2 fully saturated rings. The zero-order valence-electron chi connectivity index (χ0n) is 11.2. The van der Waals surface area contributed by atoms with Crippen LogP contribution in [0.4, 0.5) is 8.78 Å². The molecule has 1 aliphatic carbocycles. The molecule has 1 saturated heterocycles. The molecule has 1 unspecified atom stereocenters. The van der Waals surface area contributed by atoms with Crippen molar-refractivity contribution in [3.8, 4) is 0 Å². The van der Waals surface area contributed by atoms with E-state index in [1.54, 1.807) is 0 Å². The summed E-state index contributed by atoms with van der Waals surface area (Å²) >= 11 is 3.13. The molecular weight excluding hydrogens is 328 g/mol. The second kappa shape index (κ2) is 5.70. The van der Waals surface area contributed by atoms with E-state index in [0.29, 0.717) is 30.1 Å².